The van der Waals surface area contributed by atoms with E-state index in [1.807, 2.05) is 6.07 Å². The molecule has 0 bridgehead atoms. The van der Waals surface area contributed by atoms with E-state index in [0.717, 1.165) is 12.8 Å². The number of benzene rings is 1. The summed E-state index contributed by atoms with van der Waals surface area (Å²) in [5, 5.41) is 18.1. The van der Waals surface area contributed by atoms with E-state index >= 15 is 0 Å². The Morgan fingerprint density at radius 1 is 1.53 bits per heavy atom. The normalized spacial score (nSPS) is 18.1. The van der Waals surface area contributed by atoms with Gasteiger partial charge in [0.25, 0.3) is 5.91 Å². The summed E-state index contributed by atoms with van der Waals surface area (Å²) in [6.45, 7) is 0.545. The molecule has 1 N–H and O–H groups in total. The van der Waals surface area contributed by atoms with Crippen LogP contribution < -0.4 is 4.74 Å². The van der Waals surface area contributed by atoms with Crippen LogP contribution in [0.4, 0.5) is 0 Å². The van der Waals surface area contributed by atoms with Crippen molar-refractivity contribution in [1.29, 1.82) is 5.26 Å². The summed E-state index contributed by atoms with van der Waals surface area (Å²) in [5.74, 6) is 0.266. The van der Waals surface area contributed by atoms with E-state index in [4.69, 9.17) is 10.00 Å². The van der Waals surface area contributed by atoms with Gasteiger partial charge in [-0.25, -0.2) is 0 Å². The van der Waals surface area contributed by atoms with Crippen LogP contribution in [0.15, 0.2) is 24.3 Å². The number of amides is 1. The van der Waals surface area contributed by atoms with Crippen LogP contribution in [0.1, 0.15) is 18.4 Å². The lowest BCUT2D eigenvalue weighted by atomic mass is 10.2. The molecule has 1 amide bonds. The zero-order valence-electron chi connectivity index (χ0n) is 10.6. The molecular weight excluding hydrogens is 244 g/mol. The Labute approximate surface area is 112 Å². The number of aliphatic hydroxyl groups excluding tert-OH is 1. The number of para-hydroxylation sites is 1. The number of carbonyl (C=O) groups is 1. The molecule has 2 rings (SSSR count). The molecular formula is C14H16N2O3. The number of hydrogen-bond acceptors (Lipinski definition) is 4. The van der Waals surface area contributed by atoms with Crippen molar-refractivity contribution in [2.24, 2.45) is 0 Å². The lowest BCUT2D eigenvalue weighted by Gasteiger charge is -2.23. The molecule has 1 aliphatic heterocycles. The van der Waals surface area contributed by atoms with Crippen molar-refractivity contribution in [1.82, 2.24) is 4.90 Å². The Balaban J connectivity index is 1.95. The topological polar surface area (TPSA) is 73.6 Å². The number of nitriles is 1. The van der Waals surface area contributed by atoms with E-state index in [1.165, 1.54) is 0 Å². The summed E-state index contributed by atoms with van der Waals surface area (Å²) in [6.07, 6.45) is 1.74. The van der Waals surface area contributed by atoms with Crippen molar-refractivity contribution in [3.63, 3.8) is 0 Å². The highest BCUT2D eigenvalue weighted by Gasteiger charge is 2.28. The van der Waals surface area contributed by atoms with Gasteiger partial charge in [0.1, 0.15) is 11.8 Å². The average molecular weight is 260 g/mol. The van der Waals surface area contributed by atoms with Crippen molar-refractivity contribution in [2.45, 2.75) is 18.9 Å². The first kappa shape index (κ1) is 13.4. The molecule has 1 aromatic carbocycles. The number of rotatable bonds is 4. The van der Waals surface area contributed by atoms with Gasteiger partial charge in [-0.05, 0) is 25.0 Å². The van der Waals surface area contributed by atoms with Crippen LogP contribution in [0, 0.1) is 11.3 Å². The Bertz CT molecular complexity index is 496. The average Bonchev–Trinajstić information content (AvgIpc) is 2.93. The Morgan fingerprint density at radius 3 is 3.05 bits per heavy atom. The second kappa shape index (κ2) is 6.21. The highest BCUT2D eigenvalue weighted by atomic mass is 16.5. The monoisotopic (exact) mass is 260 g/mol. The second-order valence-corrected chi connectivity index (χ2v) is 4.46. The molecule has 19 heavy (non-hydrogen) atoms. The van der Waals surface area contributed by atoms with Gasteiger partial charge in [-0.15, -0.1) is 0 Å². The molecule has 1 heterocycles. The van der Waals surface area contributed by atoms with Crippen molar-refractivity contribution >= 4 is 5.91 Å². The van der Waals surface area contributed by atoms with Crippen molar-refractivity contribution in [3.05, 3.63) is 29.8 Å². The standard InChI is InChI=1S/C14H16N2O3/c15-8-11-4-1-2-6-13(11)19-10-14(18)16-7-3-5-12(16)9-17/h1-2,4,6,12,17H,3,5,7,9-10H2/t12-/m0/s1. The smallest absolute Gasteiger partial charge is 0.260 e. The van der Waals surface area contributed by atoms with Gasteiger partial charge in [-0.1, -0.05) is 12.1 Å². The molecule has 0 aromatic heterocycles. The fraction of sp³-hybridized carbons (Fsp3) is 0.429. The Kier molecular flexibility index (Phi) is 4.37. The van der Waals surface area contributed by atoms with E-state index in [1.54, 1.807) is 29.2 Å². The van der Waals surface area contributed by atoms with Crippen LogP contribution in [-0.4, -0.2) is 41.7 Å². The Hall–Kier alpha value is -2.06. The maximum absolute atomic E-state index is 12.0. The van der Waals surface area contributed by atoms with E-state index in [9.17, 15) is 9.90 Å². The van der Waals surface area contributed by atoms with Crippen LogP contribution in [-0.2, 0) is 4.79 Å². The van der Waals surface area contributed by atoms with E-state index < -0.39 is 0 Å². The number of carbonyl (C=O) groups excluding carboxylic acids is 1. The molecule has 0 unspecified atom stereocenters. The minimum atomic E-state index is -0.149. The minimum Gasteiger partial charge on any atom is -0.482 e. The third kappa shape index (κ3) is 3.04. The lowest BCUT2D eigenvalue weighted by molar-refractivity contribution is -0.134. The first-order valence-corrected chi connectivity index (χ1v) is 6.28. The molecule has 5 nitrogen and oxygen atoms in total. The lowest BCUT2D eigenvalue weighted by Crippen LogP contribution is -2.40. The predicted molar refractivity (Wildman–Crippen MR) is 68.5 cm³/mol. The van der Waals surface area contributed by atoms with Crippen LogP contribution in [0.5, 0.6) is 5.75 Å². The van der Waals surface area contributed by atoms with Crippen LogP contribution >= 0.6 is 0 Å². The van der Waals surface area contributed by atoms with Crippen molar-refractivity contribution in [2.75, 3.05) is 19.8 Å². The maximum atomic E-state index is 12.0. The molecule has 1 aromatic rings. The quantitative estimate of drug-likeness (QED) is 0.873. The van der Waals surface area contributed by atoms with Crippen molar-refractivity contribution < 1.29 is 14.6 Å². The highest BCUT2D eigenvalue weighted by Crippen LogP contribution is 2.19. The molecule has 1 saturated heterocycles. The number of likely N-dealkylation sites (tertiary alicyclic amines) is 1. The molecule has 0 spiro atoms. The third-order valence-electron chi connectivity index (χ3n) is 3.27. The van der Waals surface area contributed by atoms with Crippen molar-refractivity contribution in [3.8, 4) is 11.8 Å². The zero-order chi connectivity index (χ0) is 13.7. The summed E-state index contributed by atoms with van der Waals surface area (Å²) in [6, 6.07) is 8.74. The molecule has 5 heteroatoms. The van der Waals surface area contributed by atoms with Gasteiger partial charge in [0, 0.05) is 6.54 Å². The fourth-order valence-electron chi connectivity index (χ4n) is 2.26. The summed E-state index contributed by atoms with van der Waals surface area (Å²) in [7, 11) is 0. The second-order valence-electron chi connectivity index (χ2n) is 4.46. The summed E-state index contributed by atoms with van der Waals surface area (Å²) >= 11 is 0. The van der Waals surface area contributed by atoms with Gasteiger partial charge in [0.15, 0.2) is 6.61 Å². The van der Waals surface area contributed by atoms with Gasteiger partial charge in [0.2, 0.25) is 0 Å². The summed E-state index contributed by atoms with van der Waals surface area (Å²) in [4.78, 5) is 13.6. The number of nitrogens with zero attached hydrogens (tertiary/aromatic N) is 2. The van der Waals surface area contributed by atoms with Gasteiger partial charge < -0.3 is 14.7 Å². The number of aliphatic hydroxyl groups is 1. The molecule has 1 aliphatic rings. The van der Waals surface area contributed by atoms with Gasteiger partial charge >= 0.3 is 0 Å². The first-order valence-electron chi connectivity index (χ1n) is 6.28. The first-order chi connectivity index (χ1) is 9.26. The highest BCUT2D eigenvalue weighted by molar-refractivity contribution is 5.78. The predicted octanol–water partition coefficient (Wildman–Crippen LogP) is 0.920. The molecule has 0 radical (unpaired) electrons. The summed E-state index contributed by atoms with van der Waals surface area (Å²) < 4.78 is 5.40. The zero-order valence-corrected chi connectivity index (χ0v) is 10.6. The molecule has 1 fully saturated rings. The minimum absolute atomic E-state index is 0.0134. The fourth-order valence-corrected chi connectivity index (χ4v) is 2.26. The Morgan fingerprint density at radius 2 is 2.32 bits per heavy atom. The largest absolute Gasteiger partial charge is 0.482 e. The third-order valence-corrected chi connectivity index (χ3v) is 3.27. The number of hydrogen-bond donors (Lipinski definition) is 1. The van der Waals surface area contributed by atoms with Gasteiger partial charge in [-0.3, -0.25) is 4.79 Å². The molecule has 100 valence electrons. The SMILES string of the molecule is N#Cc1ccccc1OCC(=O)N1CCC[C@H]1CO. The van der Waals surface area contributed by atoms with E-state index in [2.05, 4.69) is 0 Å². The maximum Gasteiger partial charge on any atom is 0.260 e. The van der Waals surface area contributed by atoms with E-state index in [-0.39, 0.29) is 25.2 Å². The van der Waals surface area contributed by atoms with Crippen LogP contribution in [0.3, 0.4) is 0 Å². The molecule has 0 aliphatic carbocycles. The van der Waals surface area contributed by atoms with Gasteiger partial charge in [-0.2, -0.15) is 5.26 Å². The van der Waals surface area contributed by atoms with E-state index in [0.29, 0.717) is 17.9 Å². The number of ether oxygens (including phenoxy) is 1. The summed E-state index contributed by atoms with van der Waals surface area (Å²) in [5.41, 5.74) is 0.412. The van der Waals surface area contributed by atoms with Crippen LogP contribution in [0.2, 0.25) is 0 Å². The molecule has 1 atom stereocenters. The van der Waals surface area contributed by atoms with Crippen LogP contribution in [0.25, 0.3) is 0 Å². The van der Waals surface area contributed by atoms with Gasteiger partial charge in [0.05, 0.1) is 18.2 Å². The molecule has 0 saturated carbocycles.